The Kier molecular flexibility index (Phi) is 30.7. The first-order chi connectivity index (χ1) is 26.6. The average Bonchev–Trinajstić information content (AvgIpc) is 3.19. The Hall–Kier alpha value is -2.62. The summed E-state index contributed by atoms with van der Waals surface area (Å²) < 4.78 is 94.4. The van der Waals surface area contributed by atoms with Gasteiger partial charge in [-0.05, 0) is 36.4 Å². The minimum Gasteiger partial charge on any atom is -0.491 e. The Balaban J connectivity index is 1.15. The highest BCUT2D eigenvalue weighted by molar-refractivity contribution is 7.86. The Morgan fingerprint density at radius 2 is 0.667 bits per heavy atom. The second-order valence-electron chi connectivity index (χ2n) is 10.9. The Morgan fingerprint density at radius 3 is 0.981 bits per heavy atom. The van der Waals surface area contributed by atoms with Crippen molar-refractivity contribution in [2.45, 2.75) is 4.90 Å². The van der Waals surface area contributed by atoms with E-state index in [4.69, 9.17) is 61.0 Å². The first kappa shape index (κ1) is 47.5. The molecule has 0 spiro atoms. The van der Waals surface area contributed by atoms with E-state index in [0.717, 1.165) is 6.29 Å². The summed E-state index contributed by atoms with van der Waals surface area (Å²) in [5, 5.41) is 0. The van der Waals surface area contributed by atoms with Gasteiger partial charge in [-0.25, -0.2) is 0 Å². The maximum Gasteiger partial charge on any atom is 0.297 e. The molecule has 17 heteroatoms. The van der Waals surface area contributed by atoms with Gasteiger partial charge in [0.05, 0.1) is 157 Å². The van der Waals surface area contributed by atoms with Crippen molar-refractivity contribution >= 4 is 16.4 Å². The number of carbonyl (C=O) groups excluding carboxylic acids is 1. The van der Waals surface area contributed by atoms with Crippen LogP contribution in [0.25, 0.3) is 0 Å². The zero-order chi connectivity index (χ0) is 38.5. The lowest BCUT2D eigenvalue weighted by Gasteiger charge is -2.09. The highest BCUT2D eigenvalue weighted by atomic mass is 32.2. The van der Waals surface area contributed by atoms with Crippen LogP contribution in [0.2, 0.25) is 0 Å². The molecule has 0 atom stereocenters. The van der Waals surface area contributed by atoms with Crippen LogP contribution in [0, 0.1) is 0 Å². The second kappa shape index (κ2) is 34.8. The maximum atomic E-state index is 12.0. The van der Waals surface area contributed by atoms with Gasteiger partial charge >= 0.3 is 0 Å². The van der Waals surface area contributed by atoms with Crippen molar-refractivity contribution in [3.63, 3.8) is 0 Å². The van der Waals surface area contributed by atoms with E-state index in [-0.39, 0.29) is 18.1 Å². The van der Waals surface area contributed by atoms with Crippen LogP contribution in [-0.4, -0.2) is 173 Å². The van der Waals surface area contributed by atoms with E-state index in [1.807, 2.05) is 0 Å². The molecule has 0 radical (unpaired) electrons. The first-order valence-corrected chi connectivity index (χ1v) is 19.5. The first-order valence-electron chi connectivity index (χ1n) is 18.1. The number of aldehydes is 1. The zero-order valence-corrected chi connectivity index (χ0v) is 32.0. The van der Waals surface area contributed by atoms with Crippen LogP contribution in [0.3, 0.4) is 0 Å². The topological polar surface area (TPSA) is 171 Å². The SMILES string of the molecule is O=Cc1ccc(OCCOCCOCCOCCOCCOCCOCCOCCOCCOCCOCCOCCOS(=O)(=O)c2ccccc2)cc1. The third-order valence-corrected chi connectivity index (χ3v) is 8.06. The fourth-order valence-corrected chi connectivity index (χ4v) is 4.93. The predicted molar refractivity (Wildman–Crippen MR) is 196 cm³/mol. The number of benzene rings is 2. The standard InChI is InChI=1S/C37H58O16S/c38-34-35-6-8-36(9-7-35)52-32-30-50-28-26-48-24-22-46-20-18-44-16-14-42-12-10-41-11-13-43-15-17-45-19-21-47-23-25-49-27-29-51-31-33-53-54(39,40)37-4-2-1-3-5-37/h1-9,34H,10-33H2. The molecule has 2 aromatic carbocycles. The molecule has 0 heterocycles. The number of hydrogen-bond acceptors (Lipinski definition) is 16. The zero-order valence-electron chi connectivity index (χ0n) is 31.2. The van der Waals surface area contributed by atoms with Crippen molar-refractivity contribution < 1.29 is 74.2 Å². The van der Waals surface area contributed by atoms with E-state index < -0.39 is 10.1 Å². The molecule has 16 nitrogen and oxygen atoms in total. The smallest absolute Gasteiger partial charge is 0.297 e. The largest absolute Gasteiger partial charge is 0.491 e. The Bertz CT molecular complexity index is 1220. The molecule has 54 heavy (non-hydrogen) atoms. The highest BCUT2D eigenvalue weighted by Gasteiger charge is 2.13. The van der Waals surface area contributed by atoms with Crippen LogP contribution in [0.15, 0.2) is 59.5 Å². The maximum absolute atomic E-state index is 12.0. The Morgan fingerprint density at radius 1 is 0.370 bits per heavy atom. The molecule has 2 aromatic rings. The molecule has 0 aliphatic carbocycles. The molecule has 0 aromatic heterocycles. The minimum atomic E-state index is -3.76. The van der Waals surface area contributed by atoms with E-state index in [1.54, 1.807) is 42.5 Å². The van der Waals surface area contributed by atoms with Crippen molar-refractivity contribution in [3.05, 3.63) is 60.2 Å². The van der Waals surface area contributed by atoms with Gasteiger partial charge in [0, 0.05) is 5.56 Å². The fraction of sp³-hybridized carbons (Fsp3) is 0.649. The van der Waals surface area contributed by atoms with E-state index >= 15 is 0 Å². The molecule has 308 valence electrons. The predicted octanol–water partition coefficient (Wildman–Crippen LogP) is 2.47. The van der Waals surface area contributed by atoms with Crippen molar-refractivity contribution in [3.8, 4) is 5.75 Å². The summed E-state index contributed by atoms with van der Waals surface area (Å²) >= 11 is 0. The summed E-state index contributed by atoms with van der Waals surface area (Å²) in [5.41, 5.74) is 0.612. The van der Waals surface area contributed by atoms with Crippen LogP contribution < -0.4 is 4.74 Å². The molecule has 2 rings (SSSR count). The van der Waals surface area contributed by atoms with E-state index in [9.17, 15) is 13.2 Å². The molecular weight excluding hydrogens is 732 g/mol. The molecule has 0 saturated heterocycles. The molecule has 0 saturated carbocycles. The quantitative estimate of drug-likeness (QED) is 0.0547. The molecule has 0 fully saturated rings. The second-order valence-corrected chi connectivity index (χ2v) is 12.5. The fourth-order valence-electron chi connectivity index (χ4n) is 4.02. The molecule has 0 aliphatic heterocycles. The normalized spacial score (nSPS) is 11.6. The van der Waals surface area contributed by atoms with E-state index in [2.05, 4.69) is 0 Å². The van der Waals surface area contributed by atoms with E-state index in [0.29, 0.717) is 157 Å². The molecule has 0 aliphatic rings. The number of rotatable bonds is 40. The van der Waals surface area contributed by atoms with Gasteiger partial charge in [-0.2, -0.15) is 8.42 Å². The average molecular weight is 791 g/mol. The lowest BCUT2D eigenvalue weighted by atomic mass is 10.2. The van der Waals surface area contributed by atoms with Crippen LogP contribution in [0.5, 0.6) is 5.75 Å². The van der Waals surface area contributed by atoms with Crippen LogP contribution in [0.1, 0.15) is 10.4 Å². The van der Waals surface area contributed by atoms with Crippen LogP contribution in [0.4, 0.5) is 0 Å². The third-order valence-electron chi connectivity index (χ3n) is 6.73. The van der Waals surface area contributed by atoms with Gasteiger partial charge in [0.15, 0.2) is 0 Å². The van der Waals surface area contributed by atoms with Gasteiger partial charge in [-0.15, -0.1) is 0 Å². The monoisotopic (exact) mass is 790 g/mol. The number of hydrogen-bond donors (Lipinski definition) is 0. The van der Waals surface area contributed by atoms with Gasteiger partial charge in [0.2, 0.25) is 0 Å². The van der Waals surface area contributed by atoms with Gasteiger partial charge in [-0.3, -0.25) is 8.98 Å². The lowest BCUT2D eigenvalue weighted by molar-refractivity contribution is -0.0279. The summed E-state index contributed by atoms with van der Waals surface area (Å²) in [6, 6.07) is 14.9. The van der Waals surface area contributed by atoms with Gasteiger partial charge in [0.25, 0.3) is 10.1 Å². The summed E-state index contributed by atoms with van der Waals surface area (Å²) in [7, 11) is -3.76. The molecular formula is C37H58O16S. The van der Waals surface area contributed by atoms with Crippen molar-refractivity contribution in [2.75, 3.05) is 159 Å². The number of ether oxygens (including phenoxy) is 12. The van der Waals surface area contributed by atoms with Gasteiger partial charge in [-0.1, -0.05) is 18.2 Å². The van der Waals surface area contributed by atoms with Crippen molar-refractivity contribution in [1.29, 1.82) is 0 Å². The summed E-state index contributed by atoms with van der Waals surface area (Å²) in [4.78, 5) is 10.8. The third kappa shape index (κ3) is 27.9. The minimum absolute atomic E-state index is 0.0638. The van der Waals surface area contributed by atoms with E-state index in [1.165, 1.54) is 12.1 Å². The number of carbonyl (C=O) groups is 1. The molecule has 0 bridgehead atoms. The molecule has 0 unspecified atom stereocenters. The lowest BCUT2D eigenvalue weighted by Crippen LogP contribution is -2.16. The summed E-state index contributed by atoms with van der Waals surface area (Å²) in [6.45, 7) is 10.0. The molecule has 0 amide bonds. The van der Waals surface area contributed by atoms with Gasteiger partial charge < -0.3 is 56.8 Å². The van der Waals surface area contributed by atoms with Crippen LogP contribution >= 0.6 is 0 Å². The highest BCUT2D eigenvalue weighted by Crippen LogP contribution is 2.11. The summed E-state index contributed by atoms with van der Waals surface area (Å²) in [6.07, 6.45) is 0.793. The molecule has 0 N–H and O–H groups in total. The van der Waals surface area contributed by atoms with Crippen molar-refractivity contribution in [2.24, 2.45) is 0 Å². The Labute approximate surface area is 319 Å². The van der Waals surface area contributed by atoms with Crippen LogP contribution in [-0.2, 0) is 66.4 Å². The van der Waals surface area contributed by atoms with Gasteiger partial charge in [0.1, 0.15) is 18.6 Å². The van der Waals surface area contributed by atoms with Crippen molar-refractivity contribution in [1.82, 2.24) is 0 Å². The summed E-state index contributed by atoms with van der Waals surface area (Å²) in [5.74, 6) is 0.696.